The van der Waals surface area contributed by atoms with Crippen molar-refractivity contribution in [1.29, 1.82) is 0 Å². The topological polar surface area (TPSA) is 79.3 Å². The van der Waals surface area contributed by atoms with Crippen molar-refractivity contribution in [2.45, 2.75) is 45.8 Å². The predicted molar refractivity (Wildman–Crippen MR) is 137 cm³/mol. The molecule has 0 bridgehead atoms. The number of anilines is 2. The van der Waals surface area contributed by atoms with E-state index in [2.05, 4.69) is 58.3 Å². The van der Waals surface area contributed by atoms with E-state index < -0.39 is 10.0 Å². The maximum Gasteiger partial charge on any atom is 0.229 e. The molecule has 0 amide bonds. The number of nitrogens with zero attached hydrogens (tertiary/aromatic N) is 3. The van der Waals surface area contributed by atoms with Crippen molar-refractivity contribution >= 4 is 38.7 Å². The molecule has 4 rings (SSSR count). The molecule has 0 unspecified atom stereocenters. The van der Waals surface area contributed by atoms with Crippen molar-refractivity contribution < 1.29 is 8.42 Å². The van der Waals surface area contributed by atoms with Crippen LogP contribution in [-0.4, -0.2) is 29.3 Å². The van der Waals surface area contributed by atoms with E-state index in [9.17, 15) is 8.42 Å². The second-order valence-electron chi connectivity index (χ2n) is 8.71. The van der Waals surface area contributed by atoms with E-state index in [0.29, 0.717) is 16.8 Å². The number of sulfonamides is 1. The number of hydrogen-bond donors (Lipinski definition) is 2. The molecule has 0 aliphatic carbocycles. The Morgan fingerprint density at radius 3 is 2.36 bits per heavy atom. The predicted octanol–water partition coefficient (Wildman–Crippen LogP) is 4.63. The zero-order valence-electron chi connectivity index (χ0n) is 19.4. The summed E-state index contributed by atoms with van der Waals surface area (Å²) < 4.78 is 28.0. The van der Waals surface area contributed by atoms with Gasteiger partial charge in [-0.05, 0) is 87.9 Å². The highest BCUT2D eigenvalue weighted by Gasteiger charge is 2.42. The first-order valence-corrected chi connectivity index (χ1v) is 13.1. The SMILES string of the molecule is Cc1cc([C@H]2[C@H](c3ccccn3)NC(=S)N2c2ccc(NS(C)(=O)=O)cc2)c(C)n1C(C)C. The van der Waals surface area contributed by atoms with Gasteiger partial charge in [0.25, 0.3) is 0 Å². The standard InChI is InChI=1S/C24H29N5O2S2/c1-15(2)28-16(3)14-20(17(28)4)23-22(21-8-6-7-13-25-21)26-24(32)29(23)19-11-9-18(10-12-19)27-33(5,30)31/h6-15,22-23,27H,1-5H3,(H,26,32)/t22-,23-/m0/s1. The zero-order chi connectivity index (χ0) is 23.9. The van der Waals surface area contributed by atoms with Gasteiger partial charge in [0.2, 0.25) is 10.0 Å². The summed E-state index contributed by atoms with van der Waals surface area (Å²) in [5, 5.41) is 4.08. The first-order chi connectivity index (χ1) is 15.6. The van der Waals surface area contributed by atoms with Gasteiger partial charge in [-0.3, -0.25) is 9.71 Å². The van der Waals surface area contributed by atoms with Crippen molar-refractivity contribution in [2.24, 2.45) is 0 Å². The third kappa shape index (κ3) is 4.60. The number of aromatic nitrogens is 2. The second kappa shape index (κ2) is 8.79. The van der Waals surface area contributed by atoms with Gasteiger partial charge in [-0.2, -0.15) is 0 Å². The van der Waals surface area contributed by atoms with E-state index in [0.717, 1.165) is 17.6 Å². The molecule has 2 atom stereocenters. The maximum atomic E-state index is 11.6. The second-order valence-corrected chi connectivity index (χ2v) is 10.8. The van der Waals surface area contributed by atoms with Crippen LogP contribution in [0.1, 0.15) is 54.6 Å². The Kier molecular flexibility index (Phi) is 6.20. The van der Waals surface area contributed by atoms with Crippen LogP contribution in [0.5, 0.6) is 0 Å². The number of nitrogens with one attached hydrogen (secondary N) is 2. The summed E-state index contributed by atoms with van der Waals surface area (Å²) in [4.78, 5) is 6.72. The van der Waals surface area contributed by atoms with Gasteiger partial charge in [0.15, 0.2) is 5.11 Å². The summed E-state index contributed by atoms with van der Waals surface area (Å²) in [6.07, 6.45) is 2.93. The summed E-state index contributed by atoms with van der Waals surface area (Å²) in [5.41, 5.74) is 5.88. The van der Waals surface area contributed by atoms with Crippen LogP contribution in [0.4, 0.5) is 11.4 Å². The Morgan fingerprint density at radius 1 is 1.12 bits per heavy atom. The zero-order valence-corrected chi connectivity index (χ0v) is 21.0. The summed E-state index contributed by atoms with van der Waals surface area (Å²) in [7, 11) is -3.35. The number of aryl methyl sites for hydroxylation is 1. The minimum Gasteiger partial charge on any atom is -0.351 e. The number of benzene rings is 1. The van der Waals surface area contributed by atoms with Crippen LogP contribution in [0.2, 0.25) is 0 Å². The number of rotatable bonds is 6. The third-order valence-electron chi connectivity index (χ3n) is 5.91. The molecule has 0 radical (unpaired) electrons. The average molecular weight is 484 g/mol. The highest BCUT2D eigenvalue weighted by molar-refractivity contribution is 7.92. The van der Waals surface area contributed by atoms with Gasteiger partial charge in [-0.25, -0.2) is 8.42 Å². The van der Waals surface area contributed by atoms with Crippen LogP contribution in [0, 0.1) is 13.8 Å². The molecule has 0 spiro atoms. The number of pyridine rings is 1. The lowest BCUT2D eigenvalue weighted by atomic mass is 9.96. The fourth-order valence-electron chi connectivity index (χ4n) is 4.75. The molecule has 33 heavy (non-hydrogen) atoms. The third-order valence-corrected chi connectivity index (χ3v) is 6.83. The van der Waals surface area contributed by atoms with Gasteiger partial charge >= 0.3 is 0 Å². The first kappa shape index (κ1) is 23.3. The Labute approximate surface area is 200 Å². The van der Waals surface area contributed by atoms with Crippen LogP contribution in [-0.2, 0) is 10.0 Å². The monoisotopic (exact) mass is 483 g/mol. The smallest absolute Gasteiger partial charge is 0.229 e. The van der Waals surface area contributed by atoms with E-state index in [1.54, 1.807) is 18.3 Å². The molecule has 0 saturated carbocycles. The van der Waals surface area contributed by atoms with E-state index in [1.807, 2.05) is 30.3 Å². The molecule has 174 valence electrons. The van der Waals surface area contributed by atoms with E-state index in [4.69, 9.17) is 12.2 Å². The number of thiocarbonyl (C=S) groups is 1. The van der Waals surface area contributed by atoms with Crippen molar-refractivity contribution in [3.8, 4) is 0 Å². The van der Waals surface area contributed by atoms with Gasteiger partial charge in [0, 0.05) is 35.0 Å². The van der Waals surface area contributed by atoms with Crippen molar-refractivity contribution in [1.82, 2.24) is 14.9 Å². The molecular weight excluding hydrogens is 454 g/mol. The Hall–Kier alpha value is -2.91. The quantitative estimate of drug-likeness (QED) is 0.498. The summed E-state index contributed by atoms with van der Waals surface area (Å²) in [6, 6.07) is 15.5. The lowest BCUT2D eigenvalue weighted by molar-refractivity contribution is 0.547. The molecule has 7 nitrogen and oxygen atoms in total. The van der Waals surface area contributed by atoms with Gasteiger partial charge in [0.05, 0.1) is 24.0 Å². The highest BCUT2D eigenvalue weighted by atomic mass is 32.2. The molecule has 1 aromatic carbocycles. The molecule has 9 heteroatoms. The van der Waals surface area contributed by atoms with Crippen molar-refractivity contribution in [3.63, 3.8) is 0 Å². The molecule has 2 aromatic heterocycles. The Morgan fingerprint density at radius 2 is 1.82 bits per heavy atom. The maximum absolute atomic E-state index is 11.6. The normalized spacial score (nSPS) is 18.6. The largest absolute Gasteiger partial charge is 0.351 e. The molecule has 2 N–H and O–H groups in total. The molecule has 1 fully saturated rings. The minimum atomic E-state index is -3.35. The average Bonchev–Trinajstić information content (AvgIpc) is 3.23. The summed E-state index contributed by atoms with van der Waals surface area (Å²) in [5.74, 6) is 0. The summed E-state index contributed by atoms with van der Waals surface area (Å²) in [6.45, 7) is 8.64. The molecule has 1 aliphatic rings. The lowest BCUT2D eigenvalue weighted by Gasteiger charge is -2.28. The van der Waals surface area contributed by atoms with E-state index in [1.165, 1.54) is 17.0 Å². The fraction of sp³-hybridized carbons (Fsp3) is 0.333. The number of hydrogen-bond acceptors (Lipinski definition) is 4. The molecule has 3 aromatic rings. The fourth-order valence-corrected chi connectivity index (χ4v) is 5.66. The molecule has 1 saturated heterocycles. The van der Waals surface area contributed by atoms with Gasteiger partial charge < -0.3 is 14.8 Å². The first-order valence-electron chi connectivity index (χ1n) is 10.8. The van der Waals surface area contributed by atoms with Crippen molar-refractivity contribution in [2.75, 3.05) is 15.9 Å². The Bertz CT molecular complexity index is 1270. The van der Waals surface area contributed by atoms with Crippen LogP contribution in [0.3, 0.4) is 0 Å². The van der Waals surface area contributed by atoms with Crippen LogP contribution in [0.25, 0.3) is 0 Å². The van der Waals surface area contributed by atoms with Crippen molar-refractivity contribution in [3.05, 3.63) is 77.4 Å². The summed E-state index contributed by atoms with van der Waals surface area (Å²) >= 11 is 5.80. The Balaban J connectivity index is 1.82. The molecule has 3 heterocycles. The minimum absolute atomic E-state index is 0.111. The lowest BCUT2D eigenvalue weighted by Crippen LogP contribution is -2.29. The van der Waals surface area contributed by atoms with Gasteiger partial charge in [0.1, 0.15) is 0 Å². The highest BCUT2D eigenvalue weighted by Crippen LogP contribution is 2.43. The van der Waals surface area contributed by atoms with Gasteiger partial charge in [-0.1, -0.05) is 6.07 Å². The van der Waals surface area contributed by atoms with E-state index in [-0.39, 0.29) is 12.1 Å². The van der Waals surface area contributed by atoms with Crippen LogP contribution >= 0.6 is 12.2 Å². The van der Waals surface area contributed by atoms with E-state index >= 15 is 0 Å². The van der Waals surface area contributed by atoms with Crippen LogP contribution < -0.4 is 14.9 Å². The molecule has 1 aliphatic heterocycles. The molecular formula is C24H29N5O2S2. The van der Waals surface area contributed by atoms with Crippen LogP contribution in [0.15, 0.2) is 54.7 Å². The van der Waals surface area contributed by atoms with Gasteiger partial charge in [-0.15, -0.1) is 0 Å².